The highest BCUT2D eigenvalue weighted by atomic mass is 19.4. The smallest absolute Gasteiger partial charge is 0.394 e. The molecule has 0 spiro atoms. The maximum atomic E-state index is 13.7. The normalized spacial score (nSPS) is 12.8. The van der Waals surface area contributed by atoms with Crippen LogP contribution in [0.2, 0.25) is 0 Å². The molecule has 0 fully saturated rings. The van der Waals surface area contributed by atoms with Gasteiger partial charge in [0.05, 0.1) is 12.6 Å². The molecule has 0 radical (unpaired) electrons. The van der Waals surface area contributed by atoms with Gasteiger partial charge in [0.25, 0.3) is 0 Å². The predicted octanol–water partition coefficient (Wildman–Crippen LogP) is 3.92. The van der Waals surface area contributed by atoms with Crippen LogP contribution in [0.5, 0.6) is 0 Å². The summed E-state index contributed by atoms with van der Waals surface area (Å²) < 4.78 is 93.1. The minimum absolute atomic E-state index is 0.0226. The van der Waals surface area contributed by atoms with E-state index in [0.29, 0.717) is 6.07 Å². The predicted molar refractivity (Wildman–Crippen MR) is 89.9 cm³/mol. The second kappa shape index (κ2) is 8.68. The van der Waals surface area contributed by atoms with Gasteiger partial charge in [0.2, 0.25) is 5.95 Å². The number of anilines is 3. The summed E-state index contributed by atoms with van der Waals surface area (Å²) in [6.07, 6.45) is -4.90. The number of rotatable bonds is 7. The molecule has 160 valence electrons. The van der Waals surface area contributed by atoms with E-state index in [1.54, 1.807) is 19.3 Å². The Labute approximate surface area is 160 Å². The van der Waals surface area contributed by atoms with Gasteiger partial charge >= 0.3 is 6.18 Å². The highest BCUT2D eigenvalue weighted by molar-refractivity contribution is 5.53. The van der Waals surface area contributed by atoms with E-state index < -0.39 is 65.2 Å². The van der Waals surface area contributed by atoms with Gasteiger partial charge in [0, 0.05) is 12.1 Å². The van der Waals surface area contributed by atoms with Crippen molar-refractivity contribution in [3.63, 3.8) is 0 Å². The first-order valence-corrected chi connectivity index (χ1v) is 8.12. The van der Waals surface area contributed by atoms with Crippen LogP contribution in [0, 0.1) is 29.2 Å². The molecule has 1 aromatic carbocycles. The van der Waals surface area contributed by atoms with E-state index in [1.807, 2.05) is 5.43 Å². The second-order valence-corrected chi connectivity index (χ2v) is 6.23. The lowest BCUT2D eigenvalue weighted by Crippen LogP contribution is -2.31. The maximum absolute atomic E-state index is 13.7. The largest absolute Gasteiger partial charge is 0.433 e. The molecule has 2 rings (SSSR count). The lowest BCUT2D eigenvalue weighted by atomic mass is 10.1. The van der Waals surface area contributed by atoms with Crippen molar-refractivity contribution in [3.05, 3.63) is 41.1 Å². The monoisotopic (exact) mass is 427 g/mol. The summed E-state index contributed by atoms with van der Waals surface area (Å²) in [6.45, 7) is 2.94. The van der Waals surface area contributed by atoms with Gasteiger partial charge in [-0.25, -0.2) is 22.5 Å². The van der Waals surface area contributed by atoms with Crippen LogP contribution in [0.4, 0.5) is 48.2 Å². The van der Waals surface area contributed by atoms with Gasteiger partial charge in [0.1, 0.15) is 5.69 Å². The van der Waals surface area contributed by atoms with Crippen molar-refractivity contribution >= 4 is 17.5 Å². The van der Waals surface area contributed by atoms with Crippen LogP contribution in [0.15, 0.2) is 12.1 Å². The van der Waals surface area contributed by atoms with Crippen molar-refractivity contribution in [2.75, 3.05) is 22.8 Å². The van der Waals surface area contributed by atoms with Crippen LogP contribution in [0.1, 0.15) is 19.5 Å². The van der Waals surface area contributed by atoms with E-state index in [2.05, 4.69) is 15.3 Å². The number of hydrogen-bond donors (Lipinski definition) is 4. The zero-order valence-corrected chi connectivity index (χ0v) is 15.0. The third-order valence-electron chi connectivity index (χ3n) is 3.76. The number of alkyl halides is 3. The zero-order valence-electron chi connectivity index (χ0n) is 15.0. The van der Waals surface area contributed by atoms with Crippen LogP contribution in [-0.2, 0) is 6.18 Å². The van der Waals surface area contributed by atoms with Crippen molar-refractivity contribution in [1.82, 2.24) is 9.97 Å². The summed E-state index contributed by atoms with van der Waals surface area (Å²) in [7, 11) is 0. The number of halogens is 7. The SMILES string of the molecule is CC(C)[C@@H](CO)Nc1nc(NNc2c(F)c(F)cc(F)c2F)cc(C(F)(F)F)n1. The quantitative estimate of drug-likeness (QED) is 0.305. The van der Waals surface area contributed by atoms with E-state index in [-0.39, 0.29) is 12.0 Å². The summed E-state index contributed by atoms with van der Waals surface area (Å²) in [5, 5.41) is 11.8. The molecule has 1 aromatic heterocycles. The Bertz CT molecular complexity index is 849. The Morgan fingerprint density at radius 3 is 2.03 bits per heavy atom. The van der Waals surface area contributed by atoms with Crippen LogP contribution >= 0.6 is 0 Å². The molecule has 2 aromatic rings. The molecular weight excluding hydrogens is 411 g/mol. The van der Waals surface area contributed by atoms with Gasteiger partial charge in [-0.05, 0) is 5.92 Å². The zero-order chi connectivity index (χ0) is 21.9. The number of nitrogens with one attached hydrogen (secondary N) is 3. The molecule has 0 bridgehead atoms. The van der Waals surface area contributed by atoms with Crippen molar-refractivity contribution in [1.29, 1.82) is 0 Å². The van der Waals surface area contributed by atoms with Crippen molar-refractivity contribution in [2.24, 2.45) is 5.92 Å². The van der Waals surface area contributed by atoms with Crippen molar-refractivity contribution in [3.8, 4) is 0 Å². The highest BCUT2D eigenvalue weighted by Gasteiger charge is 2.34. The third kappa shape index (κ3) is 5.37. The average molecular weight is 427 g/mol. The first kappa shape index (κ1) is 22.5. The number of hydrazine groups is 1. The van der Waals surface area contributed by atoms with E-state index >= 15 is 0 Å². The molecule has 6 nitrogen and oxygen atoms in total. The van der Waals surface area contributed by atoms with Gasteiger partial charge in [-0.2, -0.15) is 18.2 Å². The number of hydrogen-bond acceptors (Lipinski definition) is 6. The number of aliphatic hydroxyl groups is 1. The van der Waals surface area contributed by atoms with E-state index in [9.17, 15) is 35.8 Å². The molecule has 0 saturated carbocycles. The second-order valence-electron chi connectivity index (χ2n) is 6.23. The molecule has 0 aliphatic rings. The van der Waals surface area contributed by atoms with E-state index in [4.69, 9.17) is 0 Å². The fourth-order valence-corrected chi connectivity index (χ4v) is 2.12. The minimum Gasteiger partial charge on any atom is -0.394 e. The van der Waals surface area contributed by atoms with Gasteiger partial charge in [0.15, 0.2) is 34.8 Å². The molecule has 0 unspecified atom stereocenters. The van der Waals surface area contributed by atoms with E-state index in [0.717, 1.165) is 0 Å². The fraction of sp³-hybridized carbons (Fsp3) is 0.375. The third-order valence-corrected chi connectivity index (χ3v) is 3.76. The molecule has 0 aliphatic carbocycles. The van der Waals surface area contributed by atoms with Gasteiger partial charge in [-0.15, -0.1) is 0 Å². The Kier molecular flexibility index (Phi) is 6.72. The van der Waals surface area contributed by atoms with Crippen LogP contribution < -0.4 is 16.2 Å². The van der Waals surface area contributed by atoms with Crippen molar-refractivity contribution < 1.29 is 35.8 Å². The summed E-state index contributed by atoms with van der Waals surface area (Å²) in [4.78, 5) is 7.00. The number of benzene rings is 1. The summed E-state index contributed by atoms with van der Waals surface area (Å²) >= 11 is 0. The lowest BCUT2D eigenvalue weighted by Gasteiger charge is -2.21. The van der Waals surface area contributed by atoms with E-state index in [1.165, 1.54) is 0 Å². The molecule has 0 amide bonds. The molecule has 29 heavy (non-hydrogen) atoms. The number of aliphatic hydroxyl groups excluding tert-OH is 1. The average Bonchev–Trinajstić information content (AvgIpc) is 2.63. The molecule has 13 heteroatoms. The minimum atomic E-state index is -4.90. The van der Waals surface area contributed by atoms with Crippen LogP contribution in [0.25, 0.3) is 0 Å². The Balaban J connectivity index is 2.36. The standard InChI is InChI=1S/C16H16F7N5O/c1-6(2)9(5-29)24-15-25-10(16(21,22)23)4-11(26-15)27-28-14-12(19)7(17)3-8(18)13(14)20/h3-4,6,9,28-29H,5H2,1-2H3,(H2,24,25,26,27)/t9-/m1/s1. The molecule has 4 N–H and O–H groups in total. The topological polar surface area (TPSA) is 82.1 Å². The van der Waals surface area contributed by atoms with Crippen LogP contribution in [-0.4, -0.2) is 27.7 Å². The van der Waals surface area contributed by atoms with Crippen LogP contribution in [0.3, 0.4) is 0 Å². The Hall–Kier alpha value is -2.83. The summed E-state index contributed by atoms with van der Waals surface area (Å²) in [6, 6.07) is -0.301. The number of aromatic nitrogens is 2. The van der Waals surface area contributed by atoms with Gasteiger partial charge < -0.3 is 10.4 Å². The maximum Gasteiger partial charge on any atom is 0.433 e. The Morgan fingerprint density at radius 2 is 1.55 bits per heavy atom. The van der Waals surface area contributed by atoms with Crippen molar-refractivity contribution in [2.45, 2.75) is 26.1 Å². The first-order chi connectivity index (χ1) is 13.4. The lowest BCUT2D eigenvalue weighted by molar-refractivity contribution is -0.141. The summed E-state index contributed by atoms with van der Waals surface area (Å²) in [5.41, 5.74) is 1.01. The molecular formula is C16H16F7N5O. The first-order valence-electron chi connectivity index (χ1n) is 8.12. The molecule has 0 aliphatic heterocycles. The Morgan fingerprint density at radius 1 is 0.966 bits per heavy atom. The molecule has 0 saturated heterocycles. The summed E-state index contributed by atoms with van der Waals surface area (Å²) in [5.74, 6) is -8.36. The number of nitrogens with zero attached hydrogens (tertiary/aromatic N) is 2. The molecule has 1 atom stereocenters. The highest BCUT2D eigenvalue weighted by Crippen LogP contribution is 2.30. The fourth-order valence-electron chi connectivity index (χ4n) is 2.12. The van der Waals surface area contributed by atoms with Gasteiger partial charge in [-0.3, -0.25) is 10.9 Å². The van der Waals surface area contributed by atoms with Gasteiger partial charge in [-0.1, -0.05) is 13.8 Å². The molecule has 1 heterocycles.